The van der Waals surface area contributed by atoms with Crippen LogP contribution in [-0.2, 0) is 16.6 Å². The van der Waals surface area contributed by atoms with E-state index in [0.717, 1.165) is 0 Å². The first-order chi connectivity index (χ1) is 9.90. The van der Waals surface area contributed by atoms with E-state index in [1.54, 1.807) is 29.0 Å². The van der Waals surface area contributed by atoms with E-state index in [1.807, 2.05) is 18.7 Å². The molecule has 21 heavy (non-hydrogen) atoms. The van der Waals surface area contributed by atoms with E-state index in [2.05, 4.69) is 5.10 Å². The van der Waals surface area contributed by atoms with E-state index >= 15 is 0 Å². The van der Waals surface area contributed by atoms with Crippen molar-refractivity contribution in [3.63, 3.8) is 0 Å². The second-order valence-corrected chi connectivity index (χ2v) is 5.73. The molecule has 7 heteroatoms. The van der Waals surface area contributed by atoms with Crippen molar-refractivity contribution in [3.05, 3.63) is 18.0 Å². The normalized spacial score (nSPS) is 17.2. The van der Waals surface area contributed by atoms with Gasteiger partial charge in [0.05, 0.1) is 6.20 Å². The van der Waals surface area contributed by atoms with E-state index in [1.165, 1.54) is 0 Å². The summed E-state index contributed by atoms with van der Waals surface area (Å²) >= 11 is 0. The van der Waals surface area contributed by atoms with Crippen LogP contribution in [0.3, 0.4) is 0 Å². The second-order valence-electron chi connectivity index (χ2n) is 5.73. The van der Waals surface area contributed by atoms with Crippen molar-refractivity contribution in [2.24, 2.45) is 18.7 Å². The van der Waals surface area contributed by atoms with E-state index in [0.29, 0.717) is 31.7 Å². The topological polar surface area (TPSA) is 84.5 Å². The molecule has 2 amide bonds. The van der Waals surface area contributed by atoms with Crippen LogP contribution in [0.5, 0.6) is 0 Å². The van der Waals surface area contributed by atoms with Crippen LogP contribution in [0.15, 0.2) is 12.4 Å². The van der Waals surface area contributed by atoms with Crippen molar-refractivity contribution < 1.29 is 9.59 Å². The van der Waals surface area contributed by atoms with Crippen molar-refractivity contribution in [1.82, 2.24) is 19.6 Å². The number of carbonyl (C=O) groups excluding carboxylic acids is 2. The number of piperazine rings is 1. The van der Waals surface area contributed by atoms with Gasteiger partial charge in [0, 0.05) is 50.9 Å². The van der Waals surface area contributed by atoms with Gasteiger partial charge in [-0.05, 0) is 0 Å². The Morgan fingerprint density at radius 2 is 1.67 bits per heavy atom. The van der Waals surface area contributed by atoms with Crippen molar-refractivity contribution >= 4 is 11.8 Å². The quantitative estimate of drug-likeness (QED) is 0.832. The molecule has 0 spiro atoms. The number of hydrogen-bond donors (Lipinski definition) is 1. The molecule has 116 valence electrons. The lowest BCUT2D eigenvalue weighted by molar-refractivity contribution is -0.142. The summed E-state index contributed by atoms with van der Waals surface area (Å²) in [4.78, 5) is 27.8. The SMILES string of the molecule is CC(C)C(=O)N1CCN(C(=O)C(N)c2cnn(C)c2)CC1. The van der Waals surface area contributed by atoms with E-state index in [4.69, 9.17) is 5.73 Å². The molecular weight excluding hydrogens is 270 g/mol. The Kier molecular flexibility index (Phi) is 4.62. The minimum Gasteiger partial charge on any atom is -0.339 e. The lowest BCUT2D eigenvalue weighted by atomic mass is 10.1. The summed E-state index contributed by atoms with van der Waals surface area (Å²) in [6.07, 6.45) is 3.36. The smallest absolute Gasteiger partial charge is 0.244 e. The van der Waals surface area contributed by atoms with E-state index in [-0.39, 0.29) is 17.7 Å². The Morgan fingerprint density at radius 1 is 1.14 bits per heavy atom. The fourth-order valence-electron chi connectivity index (χ4n) is 2.45. The van der Waals surface area contributed by atoms with Gasteiger partial charge in [0.15, 0.2) is 0 Å². The summed E-state index contributed by atoms with van der Waals surface area (Å²) in [6, 6.07) is -0.689. The molecule has 7 nitrogen and oxygen atoms in total. The van der Waals surface area contributed by atoms with Gasteiger partial charge in [0.25, 0.3) is 0 Å². The van der Waals surface area contributed by atoms with Crippen LogP contribution in [0, 0.1) is 5.92 Å². The molecule has 2 heterocycles. The first kappa shape index (κ1) is 15.5. The van der Waals surface area contributed by atoms with Crippen LogP contribution in [0.25, 0.3) is 0 Å². The molecule has 1 atom stereocenters. The zero-order valence-corrected chi connectivity index (χ0v) is 12.8. The molecule has 1 aliphatic heterocycles. The minimum atomic E-state index is -0.689. The molecule has 0 radical (unpaired) electrons. The molecule has 1 aromatic heterocycles. The zero-order valence-electron chi connectivity index (χ0n) is 12.8. The van der Waals surface area contributed by atoms with Crippen LogP contribution >= 0.6 is 0 Å². The summed E-state index contributed by atoms with van der Waals surface area (Å²) in [5.41, 5.74) is 6.71. The summed E-state index contributed by atoms with van der Waals surface area (Å²) in [7, 11) is 1.79. The highest BCUT2D eigenvalue weighted by Crippen LogP contribution is 2.14. The number of aryl methyl sites for hydroxylation is 1. The van der Waals surface area contributed by atoms with E-state index < -0.39 is 6.04 Å². The highest BCUT2D eigenvalue weighted by atomic mass is 16.2. The maximum atomic E-state index is 12.4. The average molecular weight is 293 g/mol. The summed E-state index contributed by atoms with van der Waals surface area (Å²) in [6.45, 7) is 5.98. The molecule has 1 unspecified atom stereocenters. The summed E-state index contributed by atoms with van der Waals surface area (Å²) in [5, 5.41) is 4.03. The maximum absolute atomic E-state index is 12.4. The molecule has 0 saturated carbocycles. The van der Waals surface area contributed by atoms with Gasteiger partial charge in [-0.2, -0.15) is 5.10 Å². The molecule has 1 aliphatic rings. The number of nitrogens with two attached hydrogens (primary N) is 1. The van der Waals surface area contributed by atoms with Crippen LogP contribution < -0.4 is 5.73 Å². The average Bonchev–Trinajstić information content (AvgIpc) is 2.91. The molecule has 0 aliphatic carbocycles. The number of carbonyl (C=O) groups is 2. The van der Waals surface area contributed by atoms with Gasteiger partial charge in [-0.25, -0.2) is 0 Å². The third-order valence-electron chi connectivity index (χ3n) is 3.75. The standard InChI is InChI=1S/C14H23N5O2/c1-10(2)13(20)18-4-6-19(7-5-18)14(21)12(15)11-8-16-17(3)9-11/h8-10,12H,4-7,15H2,1-3H3. The first-order valence-electron chi connectivity index (χ1n) is 7.22. The lowest BCUT2D eigenvalue weighted by Gasteiger charge is -2.36. The van der Waals surface area contributed by atoms with Gasteiger partial charge < -0.3 is 15.5 Å². The first-order valence-corrected chi connectivity index (χ1v) is 7.22. The molecule has 0 aromatic carbocycles. The van der Waals surface area contributed by atoms with Crippen molar-refractivity contribution in [3.8, 4) is 0 Å². The molecule has 2 N–H and O–H groups in total. The van der Waals surface area contributed by atoms with Crippen molar-refractivity contribution in [2.75, 3.05) is 26.2 Å². The maximum Gasteiger partial charge on any atom is 0.244 e. The highest BCUT2D eigenvalue weighted by molar-refractivity contribution is 5.83. The predicted molar refractivity (Wildman–Crippen MR) is 78.1 cm³/mol. The Labute approximate surface area is 124 Å². The second kappa shape index (κ2) is 6.26. The number of hydrogen-bond acceptors (Lipinski definition) is 4. The van der Waals surface area contributed by atoms with Gasteiger partial charge in [-0.3, -0.25) is 14.3 Å². The monoisotopic (exact) mass is 293 g/mol. The fourth-order valence-corrected chi connectivity index (χ4v) is 2.45. The Balaban J connectivity index is 1.92. The third kappa shape index (κ3) is 3.41. The summed E-state index contributed by atoms with van der Waals surface area (Å²) in [5.74, 6) is 0.0169. The highest BCUT2D eigenvalue weighted by Gasteiger charge is 2.28. The Morgan fingerprint density at radius 3 is 2.10 bits per heavy atom. The van der Waals surface area contributed by atoms with Crippen molar-refractivity contribution in [1.29, 1.82) is 0 Å². The van der Waals surface area contributed by atoms with Crippen LogP contribution in [-0.4, -0.2) is 57.6 Å². The largest absolute Gasteiger partial charge is 0.339 e. The molecule has 1 fully saturated rings. The number of rotatable bonds is 3. The Hall–Kier alpha value is -1.89. The van der Waals surface area contributed by atoms with Gasteiger partial charge in [-0.1, -0.05) is 13.8 Å². The third-order valence-corrected chi connectivity index (χ3v) is 3.75. The van der Waals surface area contributed by atoms with Gasteiger partial charge in [-0.15, -0.1) is 0 Å². The molecule has 0 bridgehead atoms. The predicted octanol–water partition coefficient (Wildman–Crippen LogP) is -0.253. The van der Waals surface area contributed by atoms with Crippen LogP contribution in [0.4, 0.5) is 0 Å². The van der Waals surface area contributed by atoms with E-state index in [9.17, 15) is 9.59 Å². The van der Waals surface area contributed by atoms with Crippen LogP contribution in [0.1, 0.15) is 25.5 Å². The van der Waals surface area contributed by atoms with Gasteiger partial charge in [0.1, 0.15) is 6.04 Å². The van der Waals surface area contributed by atoms with Crippen LogP contribution in [0.2, 0.25) is 0 Å². The lowest BCUT2D eigenvalue weighted by Crippen LogP contribution is -2.53. The Bertz CT molecular complexity index is 517. The number of aromatic nitrogens is 2. The number of amides is 2. The molecule has 1 aromatic rings. The number of nitrogens with zero attached hydrogens (tertiary/aromatic N) is 4. The molecule has 1 saturated heterocycles. The summed E-state index contributed by atoms with van der Waals surface area (Å²) < 4.78 is 1.63. The minimum absolute atomic E-state index is 0.00935. The zero-order chi connectivity index (χ0) is 15.6. The van der Waals surface area contributed by atoms with Crippen molar-refractivity contribution in [2.45, 2.75) is 19.9 Å². The van der Waals surface area contributed by atoms with Gasteiger partial charge >= 0.3 is 0 Å². The molecular formula is C14H23N5O2. The fraction of sp³-hybridized carbons (Fsp3) is 0.643. The molecule has 2 rings (SSSR count). The van der Waals surface area contributed by atoms with Gasteiger partial charge in [0.2, 0.25) is 11.8 Å².